The summed E-state index contributed by atoms with van der Waals surface area (Å²) >= 11 is 0. The summed E-state index contributed by atoms with van der Waals surface area (Å²) in [5.41, 5.74) is 3.34. The van der Waals surface area contributed by atoms with Gasteiger partial charge in [-0.1, -0.05) is 49.5 Å². The molecule has 0 saturated heterocycles. The highest BCUT2D eigenvalue weighted by molar-refractivity contribution is 5.88. The summed E-state index contributed by atoms with van der Waals surface area (Å²) in [4.78, 5) is 10.9. The van der Waals surface area contributed by atoms with E-state index in [0.717, 1.165) is 36.0 Å². The number of carboxylic acids is 1. The van der Waals surface area contributed by atoms with Crippen molar-refractivity contribution in [1.82, 2.24) is 0 Å². The standard InChI is InChI=1S/C19H18O2/c1-2-3-4-5-7-15-8-6-9-18(14-15)16-10-12-17(13-11-16)19(20)21/h6,8-14H,2-4H2,1H3,(H,20,21). The van der Waals surface area contributed by atoms with E-state index in [2.05, 4.69) is 18.8 Å². The summed E-state index contributed by atoms with van der Waals surface area (Å²) in [6.45, 7) is 2.16. The molecule has 2 aromatic rings. The first kappa shape index (κ1) is 14.9. The molecule has 106 valence electrons. The Balaban J connectivity index is 2.19. The van der Waals surface area contributed by atoms with E-state index >= 15 is 0 Å². The quantitative estimate of drug-likeness (QED) is 0.656. The normalized spacial score (nSPS) is 9.76. The molecule has 0 saturated carbocycles. The third-order valence-corrected chi connectivity index (χ3v) is 3.22. The third kappa shape index (κ3) is 4.22. The molecular formula is C19H18O2. The Kier molecular flexibility index (Phi) is 5.17. The molecule has 0 aliphatic carbocycles. The average molecular weight is 278 g/mol. The van der Waals surface area contributed by atoms with Gasteiger partial charge in [0.25, 0.3) is 0 Å². The van der Waals surface area contributed by atoms with Crippen molar-refractivity contribution in [2.24, 2.45) is 0 Å². The molecular weight excluding hydrogens is 260 g/mol. The van der Waals surface area contributed by atoms with Crippen LogP contribution >= 0.6 is 0 Å². The molecule has 0 aliphatic rings. The van der Waals surface area contributed by atoms with Gasteiger partial charge in [0.15, 0.2) is 0 Å². The highest BCUT2D eigenvalue weighted by atomic mass is 16.4. The van der Waals surface area contributed by atoms with E-state index in [1.165, 1.54) is 0 Å². The summed E-state index contributed by atoms with van der Waals surface area (Å²) in [5.74, 6) is 5.45. The third-order valence-electron chi connectivity index (χ3n) is 3.22. The lowest BCUT2D eigenvalue weighted by molar-refractivity contribution is 0.0697. The molecule has 0 aliphatic heterocycles. The monoisotopic (exact) mass is 278 g/mol. The molecule has 0 spiro atoms. The molecule has 0 atom stereocenters. The van der Waals surface area contributed by atoms with Crippen LogP contribution in [0.15, 0.2) is 48.5 Å². The summed E-state index contributed by atoms with van der Waals surface area (Å²) in [5, 5.41) is 8.91. The number of unbranched alkanes of at least 4 members (excludes halogenated alkanes) is 2. The maximum absolute atomic E-state index is 10.9. The van der Waals surface area contributed by atoms with Crippen molar-refractivity contribution in [3.05, 3.63) is 59.7 Å². The van der Waals surface area contributed by atoms with E-state index in [1.807, 2.05) is 36.4 Å². The number of benzene rings is 2. The molecule has 0 bridgehead atoms. The highest BCUT2D eigenvalue weighted by Crippen LogP contribution is 2.20. The van der Waals surface area contributed by atoms with Gasteiger partial charge >= 0.3 is 5.97 Å². The molecule has 0 radical (unpaired) electrons. The maximum Gasteiger partial charge on any atom is 0.335 e. The van der Waals surface area contributed by atoms with Gasteiger partial charge in [0.05, 0.1) is 5.56 Å². The lowest BCUT2D eigenvalue weighted by Gasteiger charge is -2.03. The Morgan fingerprint density at radius 3 is 2.52 bits per heavy atom. The Labute approximate surface area is 125 Å². The molecule has 0 unspecified atom stereocenters. The fraction of sp³-hybridized carbons (Fsp3) is 0.211. The lowest BCUT2D eigenvalue weighted by atomic mass is 10.0. The molecule has 2 nitrogen and oxygen atoms in total. The second kappa shape index (κ2) is 7.31. The fourth-order valence-corrected chi connectivity index (χ4v) is 2.01. The Bertz CT molecular complexity index is 673. The first-order valence-electron chi connectivity index (χ1n) is 7.13. The molecule has 0 heterocycles. The minimum Gasteiger partial charge on any atom is -0.478 e. The van der Waals surface area contributed by atoms with Crippen molar-refractivity contribution in [2.75, 3.05) is 0 Å². The van der Waals surface area contributed by atoms with E-state index in [1.54, 1.807) is 12.1 Å². The summed E-state index contributed by atoms with van der Waals surface area (Å²) < 4.78 is 0. The van der Waals surface area contributed by atoms with Gasteiger partial charge in [0.1, 0.15) is 0 Å². The van der Waals surface area contributed by atoms with Gasteiger partial charge in [0, 0.05) is 12.0 Å². The van der Waals surface area contributed by atoms with Crippen molar-refractivity contribution in [3.63, 3.8) is 0 Å². The van der Waals surface area contributed by atoms with E-state index in [4.69, 9.17) is 5.11 Å². The first-order valence-corrected chi connectivity index (χ1v) is 7.13. The fourth-order valence-electron chi connectivity index (χ4n) is 2.01. The highest BCUT2D eigenvalue weighted by Gasteiger charge is 2.03. The van der Waals surface area contributed by atoms with Crippen molar-refractivity contribution in [3.8, 4) is 23.0 Å². The Morgan fingerprint density at radius 2 is 1.86 bits per heavy atom. The number of hydrogen-bond donors (Lipinski definition) is 1. The second-order valence-corrected chi connectivity index (χ2v) is 4.87. The smallest absolute Gasteiger partial charge is 0.335 e. The Hall–Kier alpha value is -2.53. The van der Waals surface area contributed by atoms with Gasteiger partial charge in [-0.2, -0.15) is 0 Å². The first-order chi connectivity index (χ1) is 10.2. The van der Waals surface area contributed by atoms with Gasteiger partial charge in [0.2, 0.25) is 0 Å². The van der Waals surface area contributed by atoms with Gasteiger partial charge in [-0.25, -0.2) is 4.79 Å². The molecule has 2 aromatic carbocycles. The zero-order valence-corrected chi connectivity index (χ0v) is 12.1. The van der Waals surface area contributed by atoms with E-state index in [0.29, 0.717) is 5.56 Å². The number of aromatic carboxylic acids is 1. The molecule has 0 aromatic heterocycles. The molecule has 21 heavy (non-hydrogen) atoms. The van der Waals surface area contributed by atoms with Crippen molar-refractivity contribution in [2.45, 2.75) is 26.2 Å². The predicted octanol–water partition coefficient (Wildman–Crippen LogP) is 4.59. The van der Waals surface area contributed by atoms with E-state index in [9.17, 15) is 4.79 Å². The maximum atomic E-state index is 10.9. The van der Waals surface area contributed by atoms with Crippen LogP contribution < -0.4 is 0 Å². The summed E-state index contributed by atoms with van der Waals surface area (Å²) in [6, 6.07) is 14.9. The van der Waals surface area contributed by atoms with Crippen LogP contribution in [0.2, 0.25) is 0 Å². The number of hydrogen-bond acceptors (Lipinski definition) is 1. The largest absolute Gasteiger partial charge is 0.478 e. The molecule has 0 fully saturated rings. The van der Waals surface area contributed by atoms with E-state index < -0.39 is 5.97 Å². The van der Waals surface area contributed by atoms with Crippen molar-refractivity contribution >= 4 is 5.97 Å². The summed E-state index contributed by atoms with van der Waals surface area (Å²) in [7, 11) is 0. The van der Waals surface area contributed by atoms with Crippen molar-refractivity contribution < 1.29 is 9.90 Å². The van der Waals surface area contributed by atoms with Gasteiger partial charge in [-0.15, -0.1) is 0 Å². The van der Waals surface area contributed by atoms with Crippen LogP contribution in [-0.4, -0.2) is 11.1 Å². The predicted molar refractivity (Wildman–Crippen MR) is 85.2 cm³/mol. The van der Waals surface area contributed by atoms with E-state index in [-0.39, 0.29) is 0 Å². The zero-order chi connectivity index (χ0) is 15.1. The van der Waals surface area contributed by atoms with Gasteiger partial charge in [-0.3, -0.25) is 0 Å². The molecule has 1 N–H and O–H groups in total. The number of rotatable bonds is 4. The Morgan fingerprint density at radius 1 is 1.10 bits per heavy atom. The minimum atomic E-state index is -0.905. The minimum absolute atomic E-state index is 0.300. The second-order valence-electron chi connectivity index (χ2n) is 4.87. The van der Waals surface area contributed by atoms with Crippen LogP contribution in [0.4, 0.5) is 0 Å². The number of carbonyl (C=O) groups is 1. The molecule has 2 heteroatoms. The number of carboxylic acid groups (broad SMARTS) is 1. The van der Waals surface area contributed by atoms with Gasteiger partial charge in [-0.05, 0) is 41.8 Å². The zero-order valence-electron chi connectivity index (χ0n) is 12.1. The summed E-state index contributed by atoms with van der Waals surface area (Å²) in [6.07, 6.45) is 3.21. The van der Waals surface area contributed by atoms with Crippen LogP contribution in [-0.2, 0) is 0 Å². The van der Waals surface area contributed by atoms with Crippen molar-refractivity contribution in [1.29, 1.82) is 0 Å². The van der Waals surface area contributed by atoms with Crippen LogP contribution in [0.3, 0.4) is 0 Å². The van der Waals surface area contributed by atoms with Gasteiger partial charge < -0.3 is 5.11 Å². The SMILES string of the molecule is CCCCC#Cc1cccc(-c2ccc(C(=O)O)cc2)c1. The van der Waals surface area contributed by atoms with Crippen LogP contribution in [0, 0.1) is 11.8 Å². The topological polar surface area (TPSA) is 37.3 Å². The molecule has 2 rings (SSSR count). The average Bonchev–Trinajstić information content (AvgIpc) is 2.52. The van der Waals surface area contributed by atoms with Crippen LogP contribution in [0.25, 0.3) is 11.1 Å². The van der Waals surface area contributed by atoms with Crippen LogP contribution in [0.1, 0.15) is 42.1 Å². The van der Waals surface area contributed by atoms with Crippen LogP contribution in [0.5, 0.6) is 0 Å². The molecule has 0 amide bonds. The lowest BCUT2D eigenvalue weighted by Crippen LogP contribution is -1.94.